The minimum Gasteiger partial charge on any atom is -0.384 e. The molecule has 0 spiro atoms. The SMILES string of the molecule is CCC(CC)(CN)CNc1ccc(-c2ccccc2)cc1. The quantitative estimate of drug-likeness (QED) is 0.783. The number of hydrogen-bond acceptors (Lipinski definition) is 2. The zero-order valence-electron chi connectivity index (χ0n) is 13.1. The molecule has 3 N–H and O–H groups in total. The molecule has 0 radical (unpaired) electrons. The number of nitrogens with two attached hydrogens (primary N) is 1. The average Bonchev–Trinajstić information content (AvgIpc) is 2.58. The summed E-state index contributed by atoms with van der Waals surface area (Å²) in [5, 5.41) is 3.54. The fraction of sp³-hybridized carbons (Fsp3) is 0.368. The van der Waals surface area contributed by atoms with Gasteiger partial charge >= 0.3 is 0 Å². The van der Waals surface area contributed by atoms with Gasteiger partial charge in [-0.15, -0.1) is 0 Å². The van der Waals surface area contributed by atoms with Gasteiger partial charge in [0.05, 0.1) is 0 Å². The number of anilines is 1. The summed E-state index contributed by atoms with van der Waals surface area (Å²) in [4.78, 5) is 0. The lowest BCUT2D eigenvalue weighted by atomic mass is 9.82. The lowest BCUT2D eigenvalue weighted by Crippen LogP contribution is -2.36. The van der Waals surface area contributed by atoms with Crippen molar-refractivity contribution in [2.75, 3.05) is 18.4 Å². The molecule has 0 aromatic heterocycles. The topological polar surface area (TPSA) is 38.0 Å². The third-order valence-electron chi connectivity index (χ3n) is 4.59. The Labute approximate surface area is 128 Å². The Balaban J connectivity index is 2.03. The van der Waals surface area contributed by atoms with Crippen LogP contribution < -0.4 is 11.1 Å². The van der Waals surface area contributed by atoms with E-state index in [9.17, 15) is 0 Å². The largest absolute Gasteiger partial charge is 0.384 e. The second-order valence-electron chi connectivity index (χ2n) is 5.71. The molecule has 0 saturated heterocycles. The second-order valence-corrected chi connectivity index (χ2v) is 5.71. The van der Waals surface area contributed by atoms with Crippen LogP contribution in [0.15, 0.2) is 54.6 Å². The highest BCUT2D eigenvalue weighted by molar-refractivity contribution is 5.65. The molecule has 2 aromatic carbocycles. The van der Waals surface area contributed by atoms with Crippen molar-refractivity contribution in [1.29, 1.82) is 0 Å². The van der Waals surface area contributed by atoms with Crippen molar-refractivity contribution in [1.82, 2.24) is 0 Å². The van der Waals surface area contributed by atoms with Gasteiger partial charge in [-0.2, -0.15) is 0 Å². The maximum atomic E-state index is 5.95. The molecule has 0 unspecified atom stereocenters. The van der Waals surface area contributed by atoms with E-state index in [1.807, 2.05) is 6.07 Å². The van der Waals surface area contributed by atoms with Crippen molar-refractivity contribution in [2.45, 2.75) is 26.7 Å². The number of benzene rings is 2. The third kappa shape index (κ3) is 3.85. The van der Waals surface area contributed by atoms with Crippen LogP contribution in [0, 0.1) is 5.41 Å². The van der Waals surface area contributed by atoms with E-state index in [-0.39, 0.29) is 5.41 Å². The first kappa shape index (κ1) is 15.6. The predicted molar refractivity (Wildman–Crippen MR) is 92.4 cm³/mol. The first-order valence-electron chi connectivity index (χ1n) is 7.82. The van der Waals surface area contributed by atoms with E-state index in [4.69, 9.17) is 5.73 Å². The molecule has 2 nitrogen and oxygen atoms in total. The van der Waals surface area contributed by atoms with Crippen molar-refractivity contribution in [3.63, 3.8) is 0 Å². The average molecular weight is 282 g/mol. The van der Waals surface area contributed by atoms with Gasteiger partial charge in [0.2, 0.25) is 0 Å². The summed E-state index contributed by atoms with van der Waals surface area (Å²) in [6.07, 6.45) is 2.21. The first-order chi connectivity index (χ1) is 10.2. The fourth-order valence-electron chi connectivity index (χ4n) is 2.56. The van der Waals surface area contributed by atoms with E-state index < -0.39 is 0 Å². The van der Waals surface area contributed by atoms with Crippen molar-refractivity contribution in [2.24, 2.45) is 11.1 Å². The second kappa shape index (κ2) is 7.28. The Hall–Kier alpha value is -1.80. The minimum absolute atomic E-state index is 0.206. The molecule has 0 fully saturated rings. The summed E-state index contributed by atoms with van der Waals surface area (Å²) in [7, 11) is 0. The van der Waals surface area contributed by atoms with Crippen LogP contribution in [0.2, 0.25) is 0 Å². The summed E-state index contributed by atoms with van der Waals surface area (Å²) in [5.41, 5.74) is 9.82. The van der Waals surface area contributed by atoms with E-state index in [0.717, 1.165) is 31.6 Å². The predicted octanol–water partition coefficient (Wildman–Crippen LogP) is 4.53. The monoisotopic (exact) mass is 282 g/mol. The van der Waals surface area contributed by atoms with Gasteiger partial charge in [-0.1, -0.05) is 56.3 Å². The Morgan fingerprint density at radius 1 is 0.857 bits per heavy atom. The highest BCUT2D eigenvalue weighted by atomic mass is 14.9. The van der Waals surface area contributed by atoms with Crippen LogP contribution in [0.25, 0.3) is 11.1 Å². The van der Waals surface area contributed by atoms with Crippen molar-refractivity contribution in [3.8, 4) is 11.1 Å². The van der Waals surface area contributed by atoms with Gasteiger partial charge in [-0.25, -0.2) is 0 Å². The van der Waals surface area contributed by atoms with Crippen LogP contribution in [0.3, 0.4) is 0 Å². The Morgan fingerprint density at radius 2 is 1.43 bits per heavy atom. The Bertz CT molecular complexity index is 519. The summed E-state index contributed by atoms with van der Waals surface area (Å²) >= 11 is 0. The van der Waals surface area contributed by atoms with Crippen molar-refractivity contribution >= 4 is 5.69 Å². The highest BCUT2D eigenvalue weighted by Crippen LogP contribution is 2.26. The van der Waals surface area contributed by atoms with Gasteiger partial charge in [0, 0.05) is 12.2 Å². The molecule has 0 bridgehead atoms. The molecular weight excluding hydrogens is 256 g/mol. The van der Waals surface area contributed by atoms with Crippen LogP contribution in [-0.2, 0) is 0 Å². The van der Waals surface area contributed by atoms with Gasteiger partial charge < -0.3 is 11.1 Å². The maximum Gasteiger partial charge on any atom is 0.0340 e. The molecule has 0 amide bonds. The normalized spacial score (nSPS) is 11.4. The summed E-state index contributed by atoms with van der Waals surface area (Å²) in [5.74, 6) is 0. The molecule has 0 aliphatic rings. The zero-order chi connectivity index (χ0) is 15.1. The van der Waals surface area contributed by atoms with Crippen molar-refractivity contribution in [3.05, 3.63) is 54.6 Å². The first-order valence-corrected chi connectivity index (χ1v) is 7.82. The lowest BCUT2D eigenvalue weighted by molar-refractivity contribution is 0.294. The van der Waals surface area contributed by atoms with Crippen LogP contribution in [0.4, 0.5) is 5.69 Å². The van der Waals surface area contributed by atoms with E-state index in [2.05, 4.69) is 67.7 Å². The summed E-state index contributed by atoms with van der Waals surface area (Å²) in [6, 6.07) is 19.1. The van der Waals surface area contributed by atoms with E-state index in [0.29, 0.717) is 0 Å². The Kier molecular flexibility index (Phi) is 5.40. The van der Waals surface area contributed by atoms with Crippen LogP contribution in [0.1, 0.15) is 26.7 Å². The van der Waals surface area contributed by atoms with Gasteiger partial charge in [0.15, 0.2) is 0 Å². The summed E-state index contributed by atoms with van der Waals surface area (Å²) in [6.45, 7) is 6.10. The summed E-state index contributed by atoms with van der Waals surface area (Å²) < 4.78 is 0. The number of rotatable bonds is 7. The minimum atomic E-state index is 0.206. The smallest absolute Gasteiger partial charge is 0.0340 e. The number of hydrogen-bond donors (Lipinski definition) is 2. The number of nitrogens with one attached hydrogen (secondary N) is 1. The van der Waals surface area contributed by atoms with Gasteiger partial charge in [0.1, 0.15) is 0 Å². The maximum absolute atomic E-state index is 5.95. The van der Waals surface area contributed by atoms with Gasteiger partial charge in [0.25, 0.3) is 0 Å². The van der Waals surface area contributed by atoms with Crippen LogP contribution in [0.5, 0.6) is 0 Å². The lowest BCUT2D eigenvalue weighted by Gasteiger charge is -2.30. The fourth-order valence-corrected chi connectivity index (χ4v) is 2.56. The molecule has 0 atom stereocenters. The molecular formula is C19H26N2. The molecule has 2 heteroatoms. The molecule has 21 heavy (non-hydrogen) atoms. The highest BCUT2D eigenvalue weighted by Gasteiger charge is 2.23. The third-order valence-corrected chi connectivity index (χ3v) is 4.59. The van der Waals surface area contributed by atoms with E-state index in [1.54, 1.807) is 0 Å². The molecule has 2 aromatic rings. The standard InChI is InChI=1S/C19H26N2/c1-3-19(4-2,14-20)15-21-18-12-10-17(11-13-18)16-8-6-5-7-9-16/h5-13,21H,3-4,14-15,20H2,1-2H3. The molecule has 0 aliphatic heterocycles. The molecule has 0 heterocycles. The van der Waals surface area contributed by atoms with Crippen LogP contribution >= 0.6 is 0 Å². The Morgan fingerprint density at radius 3 is 1.95 bits per heavy atom. The van der Waals surface area contributed by atoms with Crippen molar-refractivity contribution < 1.29 is 0 Å². The van der Waals surface area contributed by atoms with E-state index in [1.165, 1.54) is 11.1 Å². The van der Waals surface area contributed by atoms with Gasteiger partial charge in [-0.05, 0) is 48.1 Å². The zero-order valence-corrected chi connectivity index (χ0v) is 13.1. The molecule has 2 rings (SSSR count). The van der Waals surface area contributed by atoms with E-state index >= 15 is 0 Å². The molecule has 112 valence electrons. The molecule has 0 saturated carbocycles. The molecule has 0 aliphatic carbocycles. The van der Waals surface area contributed by atoms with Crippen LogP contribution in [-0.4, -0.2) is 13.1 Å². The van der Waals surface area contributed by atoms with Gasteiger partial charge in [-0.3, -0.25) is 0 Å².